The largest absolute Gasteiger partial charge is 0.453 e. The molecule has 1 heterocycles. The monoisotopic (exact) mass is 324 g/mol. The van der Waals surface area contributed by atoms with Crippen LogP contribution in [0.3, 0.4) is 0 Å². The van der Waals surface area contributed by atoms with E-state index in [-0.39, 0.29) is 18.2 Å². The predicted octanol–water partition coefficient (Wildman–Crippen LogP) is 2.89. The molecule has 0 saturated carbocycles. The smallest absolute Gasteiger partial charge is 0.339 e. The summed E-state index contributed by atoms with van der Waals surface area (Å²) >= 11 is 0. The van der Waals surface area contributed by atoms with Crippen LogP contribution in [-0.2, 0) is 14.3 Å². The Bertz CT molecular complexity index is 799. The van der Waals surface area contributed by atoms with Crippen LogP contribution in [0.15, 0.2) is 48.5 Å². The summed E-state index contributed by atoms with van der Waals surface area (Å²) < 4.78 is 5.26. The van der Waals surface area contributed by atoms with E-state index in [0.29, 0.717) is 16.9 Å². The SMILES string of the molecule is CC(=O)Nc1ccc(NC(=O)CC2OC(=O)c3ccccc32)cc1. The summed E-state index contributed by atoms with van der Waals surface area (Å²) in [5, 5.41) is 5.40. The second-order valence-electron chi connectivity index (χ2n) is 5.49. The van der Waals surface area contributed by atoms with Crippen molar-refractivity contribution in [3.8, 4) is 0 Å². The van der Waals surface area contributed by atoms with E-state index in [2.05, 4.69) is 10.6 Å². The third-order valence-corrected chi connectivity index (χ3v) is 3.64. The summed E-state index contributed by atoms with van der Waals surface area (Å²) in [7, 11) is 0. The van der Waals surface area contributed by atoms with Gasteiger partial charge in [-0.2, -0.15) is 0 Å². The molecule has 6 heteroatoms. The first kappa shape index (κ1) is 15.7. The molecule has 1 aliphatic heterocycles. The second-order valence-corrected chi connectivity index (χ2v) is 5.49. The zero-order chi connectivity index (χ0) is 17.1. The van der Waals surface area contributed by atoms with E-state index >= 15 is 0 Å². The van der Waals surface area contributed by atoms with Crippen LogP contribution in [0, 0.1) is 0 Å². The molecule has 0 aliphatic carbocycles. The molecule has 1 aliphatic rings. The number of anilines is 2. The molecular formula is C18H16N2O4. The summed E-state index contributed by atoms with van der Waals surface area (Å²) in [6, 6.07) is 13.8. The number of ether oxygens (including phenoxy) is 1. The van der Waals surface area contributed by atoms with Gasteiger partial charge in [0.15, 0.2) is 0 Å². The molecular weight excluding hydrogens is 308 g/mol. The van der Waals surface area contributed by atoms with Crippen molar-refractivity contribution >= 4 is 29.2 Å². The highest BCUT2D eigenvalue weighted by Crippen LogP contribution is 2.32. The Balaban J connectivity index is 1.62. The highest BCUT2D eigenvalue weighted by Gasteiger charge is 2.31. The molecule has 2 aromatic carbocycles. The molecule has 0 fully saturated rings. The number of carbonyl (C=O) groups is 3. The molecule has 2 amide bonds. The van der Waals surface area contributed by atoms with Crippen molar-refractivity contribution in [3.63, 3.8) is 0 Å². The molecule has 6 nitrogen and oxygen atoms in total. The molecule has 3 rings (SSSR count). The summed E-state index contributed by atoms with van der Waals surface area (Å²) in [5.41, 5.74) is 2.50. The number of cyclic esters (lactones) is 1. The van der Waals surface area contributed by atoms with Gasteiger partial charge in [-0.05, 0) is 30.3 Å². The molecule has 2 aromatic rings. The molecule has 0 bridgehead atoms. The van der Waals surface area contributed by atoms with Crippen LogP contribution in [-0.4, -0.2) is 17.8 Å². The number of hydrogen-bond acceptors (Lipinski definition) is 4. The lowest BCUT2D eigenvalue weighted by molar-refractivity contribution is -0.118. The van der Waals surface area contributed by atoms with Crippen molar-refractivity contribution in [2.45, 2.75) is 19.4 Å². The van der Waals surface area contributed by atoms with E-state index in [0.717, 1.165) is 5.56 Å². The fraction of sp³-hybridized carbons (Fsp3) is 0.167. The average molecular weight is 324 g/mol. The van der Waals surface area contributed by atoms with Crippen LogP contribution >= 0.6 is 0 Å². The van der Waals surface area contributed by atoms with Gasteiger partial charge < -0.3 is 15.4 Å². The minimum absolute atomic E-state index is 0.0518. The van der Waals surface area contributed by atoms with Gasteiger partial charge in [0.05, 0.1) is 12.0 Å². The van der Waals surface area contributed by atoms with Gasteiger partial charge in [0.1, 0.15) is 6.10 Å². The van der Waals surface area contributed by atoms with E-state index < -0.39 is 12.1 Å². The van der Waals surface area contributed by atoms with Crippen LogP contribution in [0.25, 0.3) is 0 Å². The van der Waals surface area contributed by atoms with Crippen molar-refractivity contribution in [2.24, 2.45) is 0 Å². The fourth-order valence-corrected chi connectivity index (χ4v) is 2.59. The molecule has 1 atom stereocenters. The number of amides is 2. The van der Waals surface area contributed by atoms with Gasteiger partial charge in [-0.25, -0.2) is 4.79 Å². The minimum Gasteiger partial charge on any atom is -0.453 e. The second kappa shape index (κ2) is 6.54. The molecule has 2 N–H and O–H groups in total. The van der Waals surface area contributed by atoms with Crippen molar-refractivity contribution in [2.75, 3.05) is 10.6 Å². The highest BCUT2D eigenvalue weighted by atomic mass is 16.5. The van der Waals surface area contributed by atoms with Crippen LogP contribution < -0.4 is 10.6 Å². The summed E-state index contributed by atoms with van der Waals surface area (Å²) in [6.45, 7) is 1.43. The average Bonchev–Trinajstić information content (AvgIpc) is 2.85. The quantitative estimate of drug-likeness (QED) is 0.847. The number of benzene rings is 2. The molecule has 1 unspecified atom stereocenters. The first-order chi connectivity index (χ1) is 11.5. The summed E-state index contributed by atoms with van der Waals surface area (Å²) in [6.07, 6.45) is -0.511. The zero-order valence-electron chi connectivity index (χ0n) is 13.0. The topological polar surface area (TPSA) is 84.5 Å². The fourth-order valence-electron chi connectivity index (χ4n) is 2.59. The third-order valence-electron chi connectivity index (χ3n) is 3.64. The zero-order valence-corrected chi connectivity index (χ0v) is 13.0. The Kier molecular flexibility index (Phi) is 4.29. The van der Waals surface area contributed by atoms with Crippen molar-refractivity contribution in [1.82, 2.24) is 0 Å². The first-order valence-corrected chi connectivity index (χ1v) is 7.50. The van der Waals surface area contributed by atoms with Gasteiger partial charge in [-0.15, -0.1) is 0 Å². The van der Waals surface area contributed by atoms with Gasteiger partial charge in [0, 0.05) is 23.9 Å². The number of fused-ring (bicyclic) bond motifs is 1. The minimum atomic E-state index is -0.563. The van der Waals surface area contributed by atoms with Crippen LogP contribution in [0.2, 0.25) is 0 Å². The number of nitrogens with one attached hydrogen (secondary N) is 2. The Morgan fingerprint density at radius 3 is 2.29 bits per heavy atom. The first-order valence-electron chi connectivity index (χ1n) is 7.50. The molecule has 24 heavy (non-hydrogen) atoms. The van der Waals surface area contributed by atoms with Gasteiger partial charge in [-0.1, -0.05) is 18.2 Å². The Morgan fingerprint density at radius 2 is 1.62 bits per heavy atom. The van der Waals surface area contributed by atoms with Crippen molar-refractivity contribution in [1.29, 1.82) is 0 Å². The molecule has 0 saturated heterocycles. The van der Waals surface area contributed by atoms with Crippen LogP contribution in [0.1, 0.15) is 35.4 Å². The number of carbonyl (C=O) groups excluding carboxylic acids is 3. The van der Waals surface area contributed by atoms with Gasteiger partial charge in [0.25, 0.3) is 0 Å². The summed E-state index contributed by atoms with van der Waals surface area (Å²) in [4.78, 5) is 34.9. The normalized spacial score (nSPS) is 15.4. The standard InChI is InChI=1S/C18H16N2O4/c1-11(21)19-12-6-8-13(9-7-12)20-17(22)10-16-14-4-2-3-5-15(14)18(23)24-16/h2-9,16H,10H2,1H3,(H,19,21)(H,20,22). The lowest BCUT2D eigenvalue weighted by Gasteiger charge is -2.11. The molecule has 0 spiro atoms. The van der Waals surface area contributed by atoms with Crippen LogP contribution in [0.5, 0.6) is 0 Å². The molecule has 0 radical (unpaired) electrons. The molecule has 0 aromatic heterocycles. The van der Waals surface area contributed by atoms with E-state index in [4.69, 9.17) is 4.74 Å². The van der Waals surface area contributed by atoms with Gasteiger partial charge in [-0.3, -0.25) is 9.59 Å². The van der Waals surface area contributed by atoms with Gasteiger partial charge in [0.2, 0.25) is 11.8 Å². The maximum atomic E-state index is 12.2. The van der Waals surface area contributed by atoms with E-state index in [1.54, 1.807) is 42.5 Å². The Morgan fingerprint density at radius 1 is 1.00 bits per heavy atom. The highest BCUT2D eigenvalue weighted by molar-refractivity contribution is 5.96. The van der Waals surface area contributed by atoms with Crippen molar-refractivity contribution in [3.05, 3.63) is 59.7 Å². The number of esters is 1. The van der Waals surface area contributed by atoms with Gasteiger partial charge >= 0.3 is 5.97 Å². The van der Waals surface area contributed by atoms with Crippen LogP contribution in [0.4, 0.5) is 11.4 Å². The Labute approximate surface area is 138 Å². The lowest BCUT2D eigenvalue weighted by Crippen LogP contribution is -2.15. The van der Waals surface area contributed by atoms with E-state index in [1.165, 1.54) is 6.92 Å². The summed E-state index contributed by atoms with van der Waals surface area (Å²) in [5.74, 6) is -0.812. The maximum absolute atomic E-state index is 12.2. The predicted molar refractivity (Wildman–Crippen MR) is 88.6 cm³/mol. The molecule has 122 valence electrons. The van der Waals surface area contributed by atoms with E-state index in [1.807, 2.05) is 6.07 Å². The maximum Gasteiger partial charge on any atom is 0.339 e. The Hall–Kier alpha value is -3.15. The third kappa shape index (κ3) is 3.43. The lowest BCUT2D eigenvalue weighted by atomic mass is 10.0. The van der Waals surface area contributed by atoms with Crippen molar-refractivity contribution < 1.29 is 19.1 Å². The van der Waals surface area contributed by atoms with E-state index in [9.17, 15) is 14.4 Å². The number of rotatable bonds is 4. The number of hydrogen-bond donors (Lipinski definition) is 2.